The minimum absolute atomic E-state index is 0.141. The minimum atomic E-state index is 0.141. The zero-order valence-electron chi connectivity index (χ0n) is 40.1. The van der Waals surface area contributed by atoms with Crippen LogP contribution in [0.5, 0.6) is 0 Å². The van der Waals surface area contributed by atoms with Crippen LogP contribution < -0.4 is 10.6 Å². The summed E-state index contributed by atoms with van der Waals surface area (Å²) in [5, 5.41) is 2.04. The molecule has 0 atom stereocenters. The summed E-state index contributed by atoms with van der Waals surface area (Å²) in [6.07, 6.45) is 20.9. The third-order valence-corrected chi connectivity index (χ3v) is 12.0. The van der Waals surface area contributed by atoms with Gasteiger partial charge < -0.3 is 4.42 Å². The average Bonchev–Trinajstić information content (AvgIpc) is 3.76. The zero-order chi connectivity index (χ0) is 45.9. The molecule has 0 aliphatic heterocycles. The second-order valence-electron chi connectivity index (χ2n) is 17.1. The number of rotatable bonds is 9. The molecule has 2 aliphatic rings. The van der Waals surface area contributed by atoms with Crippen molar-refractivity contribution in [1.29, 1.82) is 0 Å². The van der Waals surface area contributed by atoms with Crippen LogP contribution in [0.2, 0.25) is 0 Å². The van der Waals surface area contributed by atoms with Gasteiger partial charge in [0.05, 0.1) is 0 Å². The van der Waals surface area contributed by atoms with Crippen molar-refractivity contribution in [2.75, 3.05) is 0 Å². The van der Waals surface area contributed by atoms with E-state index in [0.29, 0.717) is 5.92 Å². The Morgan fingerprint density at radius 2 is 1.27 bits per heavy atom. The molecule has 0 saturated heterocycles. The molecule has 6 aromatic rings. The SMILES string of the molecule is C=C/C(CC)=c1/oc2ccccc2c1=C.C=Cc1c(C)cc2c(c1C=C)-c1ccc(C)cc1C2(CCC)CCC.CC(C)C1=CCCC=C1.Cc1ccccc1.Cc1ccccc1. The maximum Gasteiger partial charge on any atom is 0.137 e. The predicted octanol–water partition coefficient (Wildman–Crippen LogP) is 17.0. The molecular formula is C62H74O. The van der Waals surface area contributed by atoms with Gasteiger partial charge in [-0.1, -0.05) is 230 Å². The van der Waals surface area contributed by atoms with E-state index in [1.165, 1.54) is 99.7 Å². The number of benzene rings is 5. The van der Waals surface area contributed by atoms with Gasteiger partial charge in [-0.05, 0) is 122 Å². The summed E-state index contributed by atoms with van der Waals surface area (Å²) >= 11 is 0. The first-order valence-corrected chi connectivity index (χ1v) is 23.2. The minimum Gasteiger partial charge on any atom is -0.456 e. The first-order chi connectivity index (χ1) is 30.4. The number of fused-ring (bicyclic) bond motifs is 4. The zero-order valence-corrected chi connectivity index (χ0v) is 40.1. The van der Waals surface area contributed by atoms with Gasteiger partial charge >= 0.3 is 0 Å². The van der Waals surface area contributed by atoms with Gasteiger partial charge in [0.25, 0.3) is 0 Å². The van der Waals surface area contributed by atoms with Crippen LogP contribution >= 0.6 is 0 Å². The summed E-state index contributed by atoms with van der Waals surface area (Å²) in [6.45, 7) is 35.8. The molecule has 0 fully saturated rings. The monoisotopic (exact) mass is 835 g/mol. The highest BCUT2D eigenvalue weighted by Gasteiger charge is 2.43. The van der Waals surface area contributed by atoms with Gasteiger partial charge in [0.1, 0.15) is 11.0 Å². The highest BCUT2D eigenvalue weighted by Crippen LogP contribution is 2.56. The van der Waals surface area contributed by atoms with E-state index in [4.69, 9.17) is 4.42 Å². The highest BCUT2D eigenvalue weighted by atomic mass is 16.3. The molecule has 1 heteroatoms. The van der Waals surface area contributed by atoms with Crippen LogP contribution in [-0.4, -0.2) is 0 Å². The van der Waals surface area contributed by atoms with E-state index in [1.54, 1.807) is 0 Å². The van der Waals surface area contributed by atoms with E-state index in [1.807, 2.05) is 78.9 Å². The lowest BCUT2D eigenvalue weighted by atomic mass is 9.70. The summed E-state index contributed by atoms with van der Waals surface area (Å²) in [6, 6.07) is 37.9. The van der Waals surface area contributed by atoms with Crippen molar-refractivity contribution in [3.05, 3.63) is 214 Å². The Morgan fingerprint density at radius 1 is 0.683 bits per heavy atom. The molecular weight excluding hydrogens is 761 g/mol. The first kappa shape index (κ1) is 49.7. The van der Waals surface area contributed by atoms with Crippen molar-refractivity contribution in [1.82, 2.24) is 0 Å². The maximum absolute atomic E-state index is 5.77. The second kappa shape index (κ2) is 24.6. The van der Waals surface area contributed by atoms with Crippen molar-refractivity contribution in [3.63, 3.8) is 0 Å². The van der Waals surface area contributed by atoms with Crippen LogP contribution in [0.3, 0.4) is 0 Å². The molecule has 1 aromatic heterocycles. The number of hydrogen-bond acceptors (Lipinski definition) is 1. The molecule has 0 N–H and O–H groups in total. The lowest BCUT2D eigenvalue weighted by Crippen LogP contribution is -2.25. The smallest absolute Gasteiger partial charge is 0.137 e. The number of allylic oxidation sites excluding steroid dienone is 5. The van der Waals surface area contributed by atoms with Gasteiger partial charge in [-0.15, -0.1) is 0 Å². The van der Waals surface area contributed by atoms with E-state index in [-0.39, 0.29) is 5.41 Å². The summed E-state index contributed by atoms with van der Waals surface area (Å²) in [5.74, 6) is 0.710. The van der Waals surface area contributed by atoms with Crippen LogP contribution in [0, 0.1) is 33.6 Å². The van der Waals surface area contributed by atoms with Crippen LogP contribution in [0.1, 0.15) is 124 Å². The fraction of sp³-hybridized carbons (Fsp3) is 0.290. The van der Waals surface area contributed by atoms with E-state index < -0.39 is 0 Å². The molecule has 1 heterocycles. The third-order valence-electron chi connectivity index (χ3n) is 12.0. The molecule has 2 aliphatic carbocycles. The van der Waals surface area contributed by atoms with Crippen LogP contribution in [-0.2, 0) is 5.41 Å². The lowest BCUT2D eigenvalue weighted by Gasteiger charge is -2.32. The predicted molar refractivity (Wildman–Crippen MR) is 281 cm³/mol. The van der Waals surface area contributed by atoms with Gasteiger partial charge in [-0.25, -0.2) is 0 Å². The maximum atomic E-state index is 5.77. The van der Waals surface area contributed by atoms with Gasteiger partial charge in [-0.2, -0.15) is 0 Å². The second-order valence-corrected chi connectivity index (χ2v) is 17.1. The normalized spacial score (nSPS) is 13.2. The van der Waals surface area contributed by atoms with Crippen LogP contribution in [0.25, 0.3) is 46.4 Å². The molecule has 0 saturated carbocycles. The summed E-state index contributed by atoms with van der Waals surface area (Å²) in [5.41, 5.74) is 18.1. The van der Waals surface area contributed by atoms with Gasteiger partial charge in [-0.3, -0.25) is 0 Å². The van der Waals surface area contributed by atoms with Crippen molar-refractivity contribution in [2.45, 2.75) is 113 Å². The lowest BCUT2D eigenvalue weighted by molar-refractivity contribution is 0.435. The molecule has 8 rings (SSSR count). The standard InChI is InChI=1S/C25H30.C14H14O.C9H14.2C7H8/c1-7-13-25(14-8-2)22-15-17(5)11-12-21(22)24-20(10-4)19(9-3)18(6)16-23(24)25;1-4-11(5-2)14-10(3)12-8-6-7-9-13(12)15-14;1-8(2)9-6-4-3-5-7-9;2*1-7-5-3-2-4-6-7/h9-12,15-16H,3-4,7-8,13-14H2,1-2,5-6H3;4,6-9H,1,3,5H2,2H3;4,6-8H,3,5H2,1-2H3;2*2-6H,1H3/b;14-11-;;;. The van der Waals surface area contributed by atoms with Crippen molar-refractivity contribution in [2.24, 2.45) is 5.92 Å². The topological polar surface area (TPSA) is 13.1 Å². The van der Waals surface area contributed by atoms with Gasteiger partial charge in [0.2, 0.25) is 0 Å². The summed E-state index contributed by atoms with van der Waals surface area (Å²) in [4.78, 5) is 0. The number of aryl methyl sites for hydroxylation is 4. The Bertz CT molecular complexity index is 2550. The van der Waals surface area contributed by atoms with Crippen molar-refractivity contribution < 1.29 is 4.42 Å². The Kier molecular flexibility index (Phi) is 19.5. The third kappa shape index (κ3) is 12.6. The Hall–Kier alpha value is -5.92. The largest absolute Gasteiger partial charge is 0.456 e. The molecule has 5 aromatic carbocycles. The average molecular weight is 835 g/mol. The molecule has 1 nitrogen and oxygen atoms in total. The van der Waals surface area contributed by atoms with Gasteiger partial charge in [0.15, 0.2) is 0 Å². The highest BCUT2D eigenvalue weighted by molar-refractivity contribution is 5.91. The number of furan rings is 1. The molecule has 0 amide bonds. The summed E-state index contributed by atoms with van der Waals surface area (Å²) in [7, 11) is 0. The fourth-order valence-corrected chi connectivity index (χ4v) is 8.83. The molecule has 63 heavy (non-hydrogen) atoms. The van der Waals surface area contributed by atoms with Crippen molar-refractivity contribution in [3.8, 4) is 11.1 Å². The van der Waals surface area contributed by atoms with Crippen LogP contribution in [0.4, 0.5) is 0 Å². The van der Waals surface area contributed by atoms with Gasteiger partial charge in [0, 0.05) is 16.0 Å². The molecule has 0 spiro atoms. The Labute approximate surface area is 381 Å². The van der Waals surface area contributed by atoms with Crippen molar-refractivity contribution >= 4 is 35.3 Å². The molecule has 0 bridgehead atoms. The molecule has 328 valence electrons. The molecule has 0 unspecified atom stereocenters. The Balaban J connectivity index is 0.000000193. The quantitative estimate of drug-likeness (QED) is 0.141. The van der Waals surface area contributed by atoms with Crippen LogP contribution in [0.15, 0.2) is 163 Å². The first-order valence-electron chi connectivity index (χ1n) is 23.2. The summed E-state index contributed by atoms with van der Waals surface area (Å²) < 4.78 is 5.77. The van der Waals surface area contributed by atoms with E-state index in [2.05, 4.69) is 155 Å². The van der Waals surface area contributed by atoms with E-state index >= 15 is 0 Å². The number of para-hydroxylation sites is 1. The number of hydrogen-bond donors (Lipinski definition) is 0. The van der Waals surface area contributed by atoms with E-state index in [9.17, 15) is 0 Å². The Morgan fingerprint density at radius 3 is 1.71 bits per heavy atom. The van der Waals surface area contributed by atoms with E-state index in [0.717, 1.165) is 33.6 Å². The molecule has 0 radical (unpaired) electrons. The fourth-order valence-electron chi connectivity index (χ4n) is 8.83.